The van der Waals surface area contributed by atoms with Crippen LogP contribution in [0.25, 0.3) is 0 Å². The summed E-state index contributed by atoms with van der Waals surface area (Å²) >= 11 is 2.99. The highest BCUT2D eigenvalue weighted by atomic mass is 32.2. The van der Waals surface area contributed by atoms with Crippen LogP contribution in [0.2, 0.25) is 0 Å². The molecular formula is C15H16F2N2O2S2. The Morgan fingerprint density at radius 2 is 2.04 bits per heavy atom. The molecule has 0 unspecified atom stereocenters. The Labute approximate surface area is 141 Å². The maximum absolute atomic E-state index is 12.1. The summed E-state index contributed by atoms with van der Waals surface area (Å²) in [4.78, 5) is 16.3. The molecule has 0 spiro atoms. The quantitative estimate of drug-likeness (QED) is 0.762. The number of primary amides is 1. The largest absolute Gasteiger partial charge is 0.435 e. The molecule has 0 radical (unpaired) electrons. The van der Waals surface area contributed by atoms with E-state index < -0.39 is 6.61 Å². The van der Waals surface area contributed by atoms with Crippen molar-refractivity contribution in [1.82, 2.24) is 4.98 Å². The fourth-order valence-electron chi connectivity index (χ4n) is 1.91. The summed E-state index contributed by atoms with van der Waals surface area (Å²) in [7, 11) is 0. The molecule has 1 heterocycles. The normalized spacial score (nSPS) is 12.4. The Morgan fingerprint density at radius 3 is 2.61 bits per heavy atom. The first-order chi connectivity index (χ1) is 10.8. The average molecular weight is 358 g/mol. The number of amides is 1. The zero-order valence-corrected chi connectivity index (χ0v) is 14.2. The number of thioether (sulfide) groups is 1. The summed E-state index contributed by atoms with van der Waals surface area (Å²) in [6, 6.07) is 6.54. The Hall–Kier alpha value is -1.67. The van der Waals surface area contributed by atoms with Gasteiger partial charge in [-0.05, 0) is 31.5 Å². The van der Waals surface area contributed by atoms with E-state index >= 15 is 0 Å². The van der Waals surface area contributed by atoms with Crippen LogP contribution in [-0.4, -0.2) is 17.5 Å². The number of thiazole rings is 1. The van der Waals surface area contributed by atoms with Crippen LogP contribution in [0, 0.1) is 6.92 Å². The second kappa shape index (κ2) is 7.74. The molecule has 0 aliphatic carbocycles. The standard InChI is InChI=1S/C15H16F2N2O2S2/c1-8-12(7-13(18)20)23-15(19-8)22-9(2)10-3-5-11(6-4-10)21-14(16)17/h3-6,9,14H,7H2,1-2H3,(H2,18,20)/t9-/m0/s1. The number of benzene rings is 1. The van der Waals surface area contributed by atoms with Crippen molar-refractivity contribution in [1.29, 1.82) is 0 Å². The minimum atomic E-state index is -2.82. The third kappa shape index (κ3) is 5.18. The van der Waals surface area contributed by atoms with Crippen molar-refractivity contribution < 1.29 is 18.3 Å². The molecule has 124 valence electrons. The number of carbonyl (C=O) groups is 1. The molecule has 2 rings (SSSR count). The molecule has 0 fully saturated rings. The second-order valence-electron chi connectivity index (χ2n) is 4.84. The van der Waals surface area contributed by atoms with Crippen molar-refractivity contribution >= 4 is 29.0 Å². The summed E-state index contributed by atoms with van der Waals surface area (Å²) in [6.45, 7) is 1.02. The van der Waals surface area contributed by atoms with E-state index in [1.54, 1.807) is 23.9 Å². The number of halogens is 2. The molecule has 8 heteroatoms. The van der Waals surface area contributed by atoms with E-state index in [1.165, 1.54) is 23.5 Å². The van der Waals surface area contributed by atoms with E-state index in [4.69, 9.17) is 5.73 Å². The van der Waals surface area contributed by atoms with Gasteiger partial charge in [0.15, 0.2) is 4.34 Å². The number of rotatable bonds is 7. The van der Waals surface area contributed by atoms with Crippen molar-refractivity contribution in [2.45, 2.75) is 36.5 Å². The van der Waals surface area contributed by atoms with Crippen molar-refractivity contribution in [3.63, 3.8) is 0 Å². The van der Waals surface area contributed by atoms with Gasteiger partial charge in [-0.3, -0.25) is 4.79 Å². The molecule has 1 aromatic carbocycles. The molecule has 4 nitrogen and oxygen atoms in total. The minimum absolute atomic E-state index is 0.0857. The summed E-state index contributed by atoms with van der Waals surface area (Å²) in [6.07, 6.45) is 0.193. The van der Waals surface area contributed by atoms with Gasteiger partial charge in [-0.25, -0.2) is 4.98 Å². The monoisotopic (exact) mass is 358 g/mol. The first-order valence-electron chi connectivity index (χ1n) is 6.81. The number of hydrogen-bond acceptors (Lipinski definition) is 5. The Balaban J connectivity index is 2.03. The van der Waals surface area contributed by atoms with Gasteiger partial charge in [0.2, 0.25) is 5.91 Å². The maximum Gasteiger partial charge on any atom is 0.387 e. The fraction of sp³-hybridized carbons (Fsp3) is 0.333. The van der Waals surface area contributed by atoms with Gasteiger partial charge >= 0.3 is 6.61 Å². The minimum Gasteiger partial charge on any atom is -0.435 e. The van der Waals surface area contributed by atoms with Gasteiger partial charge < -0.3 is 10.5 Å². The predicted molar refractivity (Wildman–Crippen MR) is 87.1 cm³/mol. The predicted octanol–water partition coefficient (Wildman–Crippen LogP) is 3.93. The van der Waals surface area contributed by atoms with E-state index in [9.17, 15) is 13.6 Å². The lowest BCUT2D eigenvalue weighted by Crippen LogP contribution is -2.13. The first kappa shape index (κ1) is 17.7. The smallest absolute Gasteiger partial charge is 0.387 e. The highest BCUT2D eigenvalue weighted by Gasteiger charge is 2.15. The van der Waals surface area contributed by atoms with Crippen molar-refractivity contribution in [2.75, 3.05) is 0 Å². The van der Waals surface area contributed by atoms with E-state index in [-0.39, 0.29) is 23.3 Å². The number of hydrogen-bond donors (Lipinski definition) is 1. The number of alkyl halides is 2. The fourth-order valence-corrected chi connectivity index (χ4v) is 4.43. The lowest BCUT2D eigenvalue weighted by Gasteiger charge is -2.11. The Morgan fingerprint density at radius 1 is 1.39 bits per heavy atom. The molecule has 2 aromatic rings. The van der Waals surface area contributed by atoms with Gasteiger partial charge in [0.05, 0.1) is 12.1 Å². The van der Waals surface area contributed by atoms with Crippen molar-refractivity contribution in [3.05, 3.63) is 40.4 Å². The summed E-state index contributed by atoms with van der Waals surface area (Å²) in [5.74, 6) is -0.245. The van der Waals surface area contributed by atoms with Crippen LogP contribution >= 0.6 is 23.1 Å². The average Bonchev–Trinajstić information content (AvgIpc) is 2.78. The van der Waals surface area contributed by atoms with Crippen LogP contribution < -0.4 is 10.5 Å². The van der Waals surface area contributed by atoms with E-state index in [1.807, 2.05) is 13.8 Å². The molecule has 2 N–H and O–H groups in total. The highest BCUT2D eigenvalue weighted by Crippen LogP contribution is 2.38. The molecular weight excluding hydrogens is 342 g/mol. The summed E-state index contributed by atoms with van der Waals surface area (Å²) in [5, 5.41) is 0.0857. The zero-order chi connectivity index (χ0) is 17.0. The van der Waals surface area contributed by atoms with E-state index in [2.05, 4.69) is 9.72 Å². The number of nitrogens with two attached hydrogens (primary N) is 1. The van der Waals surface area contributed by atoms with Crippen LogP contribution in [0.4, 0.5) is 8.78 Å². The van der Waals surface area contributed by atoms with Gasteiger partial charge in [-0.1, -0.05) is 23.9 Å². The molecule has 0 aliphatic heterocycles. The van der Waals surface area contributed by atoms with Crippen LogP contribution in [-0.2, 0) is 11.2 Å². The highest BCUT2D eigenvalue weighted by molar-refractivity contribution is 8.01. The molecule has 1 amide bonds. The molecule has 23 heavy (non-hydrogen) atoms. The lowest BCUT2D eigenvalue weighted by atomic mass is 10.2. The molecule has 0 saturated carbocycles. The molecule has 1 atom stereocenters. The Bertz CT molecular complexity index is 675. The van der Waals surface area contributed by atoms with Crippen LogP contribution in [0.3, 0.4) is 0 Å². The van der Waals surface area contributed by atoms with Crippen LogP contribution in [0.5, 0.6) is 5.75 Å². The number of nitrogens with zero attached hydrogens (tertiary/aromatic N) is 1. The molecule has 1 aromatic heterocycles. The molecule has 0 bridgehead atoms. The SMILES string of the molecule is Cc1nc(S[C@@H](C)c2ccc(OC(F)F)cc2)sc1CC(N)=O. The van der Waals surface area contributed by atoms with E-state index in [0.29, 0.717) is 0 Å². The second-order valence-corrected chi connectivity index (χ2v) is 7.51. The Kier molecular flexibility index (Phi) is 5.95. The topological polar surface area (TPSA) is 65.2 Å². The summed E-state index contributed by atoms with van der Waals surface area (Å²) < 4.78 is 29.4. The van der Waals surface area contributed by atoms with Crippen LogP contribution in [0.15, 0.2) is 28.6 Å². The van der Waals surface area contributed by atoms with Crippen molar-refractivity contribution in [3.8, 4) is 5.75 Å². The third-order valence-corrected chi connectivity index (χ3v) is 5.47. The van der Waals surface area contributed by atoms with Gasteiger partial charge in [0, 0.05) is 10.1 Å². The first-order valence-corrected chi connectivity index (χ1v) is 8.50. The van der Waals surface area contributed by atoms with Crippen LogP contribution in [0.1, 0.15) is 28.3 Å². The zero-order valence-electron chi connectivity index (χ0n) is 12.6. The molecule has 0 saturated heterocycles. The number of ether oxygens (including phenoxy) is 1. The van der Waals surface area contributed by atoms with Crippen molar-refractivity contribution in [2.24, 2.45) is 5.73 Å². The summed E-state index contributed by atoms with van der Waals surface area (Å²) in [5.41, 5.74) is 6.99. The van der Waals surface area contributed by atoms with E-state index in [0.717, 1.165) is 20.5 Å². The molecule has 0 aliphatic rings. The van der Waals surface area contributed by atoms with Gasteiger partial charge in [-0.2, -0.15) is 8.78 Å². The van der Waals surface area contributed by atoms with Gasteiger partial charge in [-0.15, -0.1) is 11.3 Å². The number of aromatic nitrogens is 1. The maximum atomic E-state index is 12.1. The number of aryl methyl sites for hydroxylation is 1. The third-order valence-electron chi connectivity index (χ3n) is 3.06. The van der Waals surface area contributed by atoms with Gasteiger partial charge in [0.25, 0.3) is 0 Å². The van der Waals surface area contributed by atoms with Gasteiger partial charge in [0.1, 0.15) is 5.75 Å². The lowest BCUT2D eigenvalue weighted by molar-refractivity contribution is -0.117. The number of carbonyl (C=O) groups excluding carboxylic acids is 1.